The van der Waals surface area contributed by atoms with E-state index in [0.29, 0.717) is 33.4 Å². The predicted octanol–water partition coefficient (Wildman–Crippen LogP) is 5.23. The van der Waals surface area contributed by atoms with Crippen molar-refractivity contribution in [2.75, 3.05) is 30.0 Å². The fraction of sp³-hybridized carbons (Fsp3) is 0.414. The van der Waals surface area contributed by atoms with Crippen LogP contribution in [-0.2, 0) is 38.4 Å². The number of aromatic nitrogens is 1. The number of hydrogen-bond acceptors (Lipinski definition) is 9. The number of thioether (sulfide) groups is 1. The highest BCUT2D eigenvalue weighted by atomic mass is 32.2. The second-order valence-corrected chi connectivity index (χ2v) is 12.6. The Morgan fingerprint density at radius 2 is 1.90 bits per heavy atom. The molecule has 1 aromatic carbocycles. The highest BCUT2D eigenvalue weighted by Crippen LogP contribution is 2.40. The zero-order valence-corrected chi connectivity index (χ0v) is 25.8. The zero-order valence-electron chi connectivity index (χ0n) is 23.3. The molecule has 41 heavy (non-hydrogen) atoms. The minimum Gasteiger partial charge on any atom is -0.462 e. The molecule has 1 aliphatic carbocycles. The van der Waals surface area contributed by atoms with Crippen LogP contribution in [0.3, 0.4) is 0 Å². The number of rotatable bonds is 11. The third kappa shape index (κ3) is 7.35. The van der Waals surface area contributed by atoms with Crippen LogP contribution in [0.5, 0.6) is 0 Å². The van der Waals surface area contributed by atoms with Crippen molar-refractivity contribution in [2.24, 2.45) is 10.9 Å². The molecule has 0 bridgehead atoms. The van der Waals surface area contributed by atoms with Crippen LogP contribution in [0.25, 0.3) is 10.2 Å². The summed E-state index contributed by atoms with van der Waals surface area (Å²) >= 11 is 3.88. The number of thiophene rings is 1. The second-order valence-electron chi connectivity index (χ2n) is 9.51. The van der Waals surface area contributed by atoms with Gasteiger partial charge in [-0.25, -0.2) is 9.59 Å². The Hall–Kier alpha value is -3.22. The molecule has 0 radical (unpaired) electrons. The molecule has 2 heterocycles. The van der Waals surface area contributed by atoms with Gasteiger partial charge in [0.15, 0.2) is 4.80 Å². The normalized spacial score (nSPS) is 14.9. The molecule has 218 valence electrons. The third-order valence-corrected chi connectivity index (χ3v) is 9.56. The van der Waals surface area contributed by atoms with Crippen molar-refractivity contribution in [2.45, 2.75) is 46.6 Å². The molecule has 2 aromatic heterocycles. The van der Waals surface area contributed by atoms with E-state index in [1.807, 2.05) is 4.57 Å². The van der Waals surface area contributed by atoms with Gasteiger partial charge in [0.25, 0.3) is 5.91 Å². The fourth-order valence-electron chi connectivity index (χ4n) is 4.60. The number of nitrogens with one attached hydrogen (secondary N) is 1. The summed E-state index contributed by atoms with van der Waals surface area (Å²) < 4.78 is 13.0. The summed E-state index contributed by atoms with van der Waals surface area (Å²) in [6.07, 6.45) is 4.36. The monoisotopic (exact) mass is 615 g/mol. The van der Waals surface area contributed by atoms with Crippen molar-refractivity contribution >= 4 is 73.4 Å². The average molecular weight is 616 g/mol. The summed E-state index contributed by atoms with van der Waals surface area (Å²) in [7, 11) is 0. The van der Waals surface area contributed by atoms with Crippen molar-refractivity contribution in [3.63, 3.8) is 0 Å². The predicted molar refractivity (Wildman–Crippen MR) is 164 cm³/mol. The largest absolute Gasteiger partial charge is 0.462 e. The summed E-state index contributed by atoms with van der Waals surface area (Å²) in [5.74, 6) is -0.940. The lowest BCUT2D eigenvalue weighted by Gasteiger charge is -2.18. The molecule has 3 aromatic rings. The van der Waals surface area contributed by atoms with Crippen molar-refractivity contribution in [3.05, 3.63) is 57.2 Å². The third-order valence-electron chi connectivity index (χ3n) is 6.43. The van der Waals surface area contributed by atoms with E-state index >= 15 is 0 Å². The zero-order chi connectivity index (χ0) is 29.5. The Labute approximate surface area is 250 Å². The van der Waals surface area contributed by atoms with Crippen LogP contribution in [0.2, 0.25) is 0 Å². The van der Waals surface area contributed by atoms with Gasteiger partial charge in [-0.05, 0) is 62.8 Å². The molecule has 1 unspecified atom stereocenters. The Morgan fingerprint density at radius 3 is 2.63 bits per heavy atom. The molecule has 12 heteroatoms. The maximum atomic E-state index is 12.8. The lowest BCUT2D eigenvalue weighted by Crippen LogP contribution is -2.19. The van der Waals surface area contributed by atoms with E-state index in [2.05, 4.69) is 23.8 Å². The number of hydrogen-bond donors (Lipinski definition) is 1. The Balaban J connectivity index is 1.43. The number of nitrogens with zero attached hydrogens (tertiary/aromatic N) is 2. The number of anilines is 1. The molecule has 0 saturated heterocycles. The first kappa shape index (κ1) is 30.7. The van der Waals surface area contributed by atoms with E-state index in [1.165, 1.54) is 22.7 Å². The number of ether oxygens (including phenoxy) is 2. The molecule has 9 nitrogen and oxygen atoms in total. The molecule has 1 aliphatic rings. The molecule has 4 rings (SSSR count). The smallest absolute Gasteiger partial charge is 0.341 e. The summed E-state index contributed by atoms with van der Waals surface area (Å²) in [6.45, 7) is 10.5. The van der Waals surface area contributed by atoms with Crippen LogP contribution in [0, 0.1) is 5.92 Å². The van der Waals surface area contributed by atoms with Gasteiger partial charge in [0.05, 0.1) is 46.1 Å². The Morgan fingerprint density at radius 1 is 1.15 bits per heavy atom. The summed E-state index contributed by atoms with van der Waals surface area (Å²) in [5, 5.41) is 3.39. The van der Waals surface area contributed by atoms with E-state index in [4.69, 9.17) is 9.47 Å². The Kier molecular flexibility index (Phi) is 10.6. The van der Waals surface area contributed by atoms with Crippen LogP contribution in [0.4, 0.5) is 5.00 Å². The second kappa shape index (κ2) is 14.1. The van der Waals surface area contributed by atoms with Crippen molar-refractivity contribution < 1.29 is 28.7 Å². The molecular weight excluding hydrogens is 583 g/mol. The number of thiazole rings is 1. The van der Waals surface area contributed by atoms with Crippen LogP contribution < -0.4 is 10.1 Å². The van der Waals surface area contributed by atoms with Crippen LogP contribution in [-0.4, -0.2) is 53.0 Å². The number of amides is 2. The molecule has 2 amide bonds. The molecular formula is C29H33N3O6S3. The number of benzene rings is 1. The van der Waals surface area contributed by atoms with Crippen LogP contribution in [0.1, 0.15) is 58.3 Å². The van der Waals surface area contributed by atoms with Crippen molar-refractivity contribution in [3.8, 4) is 0 Å². The van der Waals surface area contributed by atoms with Gasteiger partial charge in [0.2, 0.25) is 5.91 Å². The standard InChI is InChI=1S/C29H33N3O6S3/c1-5-12-32-20-11-9-18(27(35)37-6-2)14-22(20)41-29(32)31-24(34)16-39-15-23(33)30-26-25(28(36)38-7-3)19-10-8-17(4)13-21(19)40-26/h5,9,11,14,17H,1,6-8,10,12-13,15-16H2,2-4H3,(H,30,33). The lowest BCUT2D eigenvalue weighted by atomic mass is 9.88. The Bertz CT molecular complexity index is 1550. The van der Waals surface area contributed by atoms with Gasteiger partial charge in [0, 0.05) is 11.4 Å². The first-order valence-corrected chi connectivity index (χ1v) is 16.2. The lowest BCUT2D eigenvalue weighted by molar-refractivity contribution is -0.115. The quantitative estimate of drug-likeness (QED) is 0.232. The maximum absolute atomic E-state index is 12.8. The molecule has 0 aliphatic heterocycles. The highest BCUT2D eigenvalue weighted by Gasteiger charge is 2.29. The molecule has 0 saturated carbocycles. The minimum atomic E-state index is -0.415. The van der Waals surface area contributed by atoms with Crippen molar-refractivity contribution in [1.82, 2.24) is 4.57 Å². The summed E-state index contributed by atoms with van der Waals surface area (Å²) in [5.41, 5.74) is 2.70. The highest BCUT2D eigenvalue weighted by molar-refractivity contribution is 8.00. The summed E-state index contributed by atoms with van der Waals surface area (Å²) in [6, 6.07) is 5.22. The number of carbonyl (C=O) groups excluding carboxylic acids is 4. The van der Waals surface area contributed by atoms with E-state index in [-0.39, 0.29) is 36.5 Å². The SMILES string of the molecule is C=CCn1c(=NC(=O)CSCC(=O)Nc2sc3c(c2C(=O)OCC)CCC(C)C3)sc2cc(C(=O)OCC)ccc21. The molecule has 1 atom stereocenters. The van der Waals surface area contributed by atoms with E-state index in [0.717, 1.165) is 51.7 Å². The van der Waals surface area contributed by atoms with Gasteiger partial charge < -0.3 is 19.4 Å². The van der Waals surface area contributed by atoms with Crippen LogP contribution in [0.15, 0.2) is 35.8 Å². The van der Waals surface area contributed by atoms with Gasteiger partial charge in [-0.2, -0.15) is 4.99 Å². The number of allylic oxidation sites excluding steroid dienone is 1. The number of fused-ring (bicyclic) bond motifs is 2. The minimum absolute atomic E-state index is 0.00696. The van der Waals surface area contributed by atoms with Gasteiger partial charge >= 0.3 is 11.9 Å². The van der Waals surface area contributed by atoms with Crippen molar-refractivity contribution in [1.29, 1.82) is 0 Å². The first-order chi connectivity index (χ1) is 19.7. The summed E-state index contributed by atoms with van der Waals surface area (Å²) in [4.78, 5) is 56.2. The molecule has 0 fully saturated rings. The van der Waals surface area contributed by atoms with Gasteiger partial charge in [-0.1, -0.05) is 24.3 Å². The fourth-order valence-corrected chi connectivity index (χ4v) is 7.71. The molecule has 0 spiro atoms. The first-order valence-electron chi connectivity index (χ1n) is 13.4. The van der Waals surface area contributed by atoms with Crippen LogP contribution >= 0.6 is 34.4 Å². The maximum Gasteiger partial charge on any atom is 0.341 e. The molecule has 1 N–H and O–H groups in total. The van der Waals surface area contributed by atoms with Gasteiger partial charge in [0.1, 0.15) is 5.00 Å². The van der Waals surface area contributed by atoms with Gasteiger partial charge in [-0.3, -0.25) is 9.59 Å². The number of esters is 2. The van der Waals surface area contributed by atoms with E-state index in [9.17, 15) is 19.2 Å². The average Bonchev–Trinajstić information content (AvgIpc) is 3.45. The topological polar surface area (TPSA) is 116 Å². The number of carbonyl (C=O) groups is 4. The van der Waals surface area contributed by atoms with Gasteiger partial charge in [-0.15, -0.1) is 29.7 Å². The van der Waals surface area contributed by atoms with E-state index < -0.39 is 11.9 Å². The van der Waals surface area contributed by atoms with E-state index in [1.54, 1.807) is 38.1 Å².